The smallest absolute Gasteiger partial charge is 0.191 e. The van der Waals surface area contributed by atoms with E-state index in [1.54, 1.807) is 0 Å². The monoisotopic (exact) mass is 502 g/mol. The Morgan fingerprint density at radius 3 is 2.69 bits per heavy atom. The molecule has 3 aromatic heterocycles. The number of guanidine groups is 1. The maximum Gasteiger partial charge on any atom is 0.191 e. The highest BCUT2D eigenvalue weighted by Gasteiger charge is 2.06. The molecular formula is C20H23IN8. The number of rotatable bonds is 6. The molecule has 29 heavy (non-hydrogen) atoms. The quantitative estimate of drug-likeness (QED) is 0.241. The van der Waals surface area contributed by atoms with Gasteiger partial charge in [-0.2, -0.15) is 5.10 Å². The lowest BCUT2D eigenvalue weighted by Gasteiger charge is -2.10. The summed E-state index contributed by atoms with van der Waals surface area (Å²) < 4.78 is 3.81. The van der Waals surface area contributed by atoms with Crippen LogP contribution in [0.3, 0.4) is 0 Å². The minimum Gasteiger partial charge on any atom is -0.357 e. The van der Waals surface area contributed by atoms with E-state index in [9.17, 15) is 0 Å². The molecule has 0 saturated carbocycles. The van der Waals surface area contributed by atoms with Gasteiger partial charge in [-0.15, -0.1) is 34.2 Å². The van der Waals surface area contributed by atoms with E-state index in [2.05, 4.69) is 30.9 Å². The Kier molecular flexibility index (Phi) is 7.17. The predicted octanol–water partition coefficient (Wildman–Crippen LogP) is 2.79. The van der Waals surface area contributed by atoms with Gasteiger partial charge in [0, 0.05) is 24.5 Å². The normalized spacial score (nSPS) is 11.3. The number of halogens is 1. The van der Waals surface area contributed by atoms with E-state index in [0.717, 1.165) is 35.2 Å². The third-order valence-electron chi connectivity index (χ3n) is 4.22. The molecule has 3 heterocycles. The Bertz CT molecular complexity index is 1070. The zero-order chi connectivity index (χ0) is 19.2. The number of nitrogens with one attached hydrogen (secondary N) is 2. The summed E-state index contributed by atoms with van der Waals surface area (Å²) in [4.78, 5) is 4.65. The maximum absolute atomic E-state index is 4.65. The van der Waals surface area contributed by atoms with Gasteiger partial charge in [0.2, 0.25) is 0 Å². The van der Waals surface area contributed by atoms with Crippen LogP contribution >= 0.6 is 24.0 Å². The molecule has 0 aliphatic carbocycles. The van der Waals surface area contributed by atoms with Gasteiger partial charge in [-0.1, -0.05) is 24.3 Å². The first-order valence-corrected chi connectivity index (χ1v) is 9.23. The topological polar surface area (TPSA) is 84.4 Å². The second-order valence-corrected chi connectivity index (χ2v) is 6.22. The van der Waals surface area contributed by atoms with Crippen molar-refractivity contribution in [3.05, 3.63) is 78.5 Å². The van der Waals surface area contributed by atoms with Crippen molar-refractivity contribution in [1.29, 1.82) is 0 Å². The highest BCUT2D eigenvalue weighted by Crippen LogP contribution is 2.08. The van der Waals surface area contributed by atoms with Crippen LogP contribution in [0.5, 0.6) is 0 Å². The van der Waals surface area contributed by atoms with Crippen LogP contribution in [0.1, 0.15) is 18.3 Å². The van der Waals surface area contributed by atoms with Gasteiger partial charge in [0.15, 0.2) is 17.4 Å². The number of aromatic nitrogens is 5. The van der Waals surface area contributed by atoms with Gasteiger partial charge >= 0.3 is 0 Å². The summed E-state index contributed by atoms with van der Waals surface area (Å²) in [6.45, 7) is 3.87. The molecule has 0 saturated heterocycles. The molecule has 0 bridgehead atoms. The van der Waals surface area contributed by atoms with Gasteiger partial charge in [0.25, 0.3) is 0 Å². The van der Waals surface area contributed by atoms with Crippen molar-refractivity contribution in [2.75, 3.05) is 6.54 Å². The lowest BCUT2D eigenvalue weighted by atomic mass is 10.3. The molecule has 0 atom stereocenters. The fraction of sp³-hybridized carbons (Fsp3) is 0.200. The van der Waals surface area contributed by atoms with Crippen LogP contribution in [-0.2, 0) is 13.1 Å². The van der Waals surface area contributed by atoms with Gasteiger partial charge in [0.05, 0.1) is 25.0 Å². The van der Waals surface area contributed by atoms with Crippen molar-refractivity contribution in [3.63, 3.8) is 0 Å². The summed E-state index contributed by atoms with van der Waals surface area (Å²) in [5.41, 5.74) is 2.89. The number of hydrogen-bond donors (Lipinski definition) is 2. The van der Waals surface area contributed by atoms with Crippen LogP contribution in [0.2, 0.25) is 0 Å². The second-order valence-electron chi connectivity index (χ2n) is 6.22. The molecule has 4 rings (SSSR count). The van der Waals surface area contributed by atoms with E-state index in [4.69, 9.17) is 0 Å². The van der Waals surface area contributed by atoms with Crippen LogP contribution in [0.25, 0.3) is 11.3 Å². The standard InChI is InChI=1S/C20H22N8.HI/c1-2-21-20(23-14-19-26-25-18-10-6-7-11-27(18)19)22-12-16-13-24-28(15-16)17-8-4-3-5-9-17;/h3-11,13,15H,2,12,14H2,1H3,(H2,21,22,23);1H. The largest absolute Gasteiger partial charge is 0.357 e. The number of hydrogen-bond acceptors (Lipinski definition) is 4. The molecule has 0 fully saturated rings. The molecule has 0 unspecified atom stereocenters. The van der Waals surface area contributed by atoms with Gasteiger partial charge < -0.3 is 10.6 Å². The van der Waals surface area contributed by atoms with Crippen molar-refractivity contribution in [3.8, 4) is 5.69 Å². The molecule has 4 aromatic rings. The van der Waals surface area contributed by atoms with Crippen LogP contribution in [0.15, 0.2) is 72.1 Å². The summed E-state index contributed by atoms with van der Waals surface area (Å²) in [5.74, 6) is 1.56. The molecule has 8 nitrogen and oxygen atoms in total. The fourth-order valence-corrected chi connectivity index (χ4v) is 2.85. The molecule has 0 aliphatic heterocycles. The molecule has 0 radical (unpaired) electrons. The van der Waals surface area contributed by atoms with Crippen LogP contribution in [0.4, 0.5) is 0 Å². The van der Waals surface area contributed by atoms with E-state index in [0.29, 0.717) is 13.1 Å². The Morgan fingerprint density at radius 1 is 1.03 bits per heavy atom. The average Bonchev–Trinajstić information content (AvgIpc) is 3.38. The Morgan fingerprint density at radius 2 is 1.86 bits per heavy atom. The van der Waals surface area contributed by atoms with Crippen molar-refractivity contribution >= 4 is 35.6 Å². The number of benzene rings is 1. The minimum atomic E-state index is 0. The Labute approximate surface area is 186 Å². The van der Waals surface area contributed by atoms with E-state index >= 15 is 0 Å². The molecule has 0 spiro atoms. The van der Waals surface area contributed by atoms with Crippen molar-refractivity contribution in [2.45, 2.75) is 20.0 Å². The van der Waals surface area contributed by atoms with Crippen molar-refractivity contribution in [1.82, 2.24) is 35.0 Å². The summed E-state index contributed by atoms with van der Waals surface area (Å²) in [7, 11) is 0. The Hall–Kier alpha value is -2.95. The fourth-order valence-electron chi connectivity index (χ4n) is 2.85. The average molecular weight is 502 g/mol. The lowest BCUT2D eigenvalue weighted by molar-refractivity contribution is 0.765. The summed E-state index contributed by atoms with van der Waals surface area (Å²) in [6.07, 6.45) is 5.79. The highest BCUT2D eigenvalue weighted by atomic mass is 127. The van der Waals surface area contributed by atoms with Crippen LogP contribution in [-0.4, -0.2) is 36.9 Å². The van der Waals surface area contributed by atoms with Gasteiger partial charge in [0.1, 0.15) is 0 Å². The highest BCUT2D eigenvalue weighted by molar-refractivity contribution is 14.0. The zero-order valence-electron chi connectivity index (χ0n) is 16.1. The third-order valence-corrected chi connectivity index (χ3v) is 4.22. The van der Waals surface area contributed by atoms with E-state index in [1.165, 1.54) is 0 Å². The van der Waals surface area contributed by atoms with E-state index in [1.807, 2.05) is 83.1 Å². The lowest BCUT2D eigenvalue weighted by Crippen LogP contribution is -2.37. The molecule has 1 aromatic carbocycles. The molecule has 2 N–H and O–H groups in total. The zero-order valence-corrected chi connectivity index (χ0v) is 18.4. The van der Waals surface area contributed by atoms with Crippen LogP contribution < -0.4 is 10.6 Å². The molecular weight excluding hydrogens is 479 g/mol. The van der Waals surface area contributed by atoms with Gasteiger partial charge in [-0.25, -0.2) is 9.67 Å². The van der Waals surface area contributed by atoms with Gasteiger partial charge in [-0.05, 0) is 31.2 Å². The first-order valence-electron chi connectivity index (χ1n) is 9.23. The minimum absolute atomic E-state index is 0. The van der Waals surface area contributed by atoms with Gasteiger partial charge in [-0.3, -0.25) is 4.40 Å². The second kappa shape index (κ2) is 10.0. The molecule has 0 amide bonds. The van der Waals surface area contributed by atoms with E-state index < -0.39 is 0 Å². The van der Waals surface area contributed by atoms with Crippen molar-refractivity contribution < 1.29 is 0 Å². The van der Waals surface area contributed by atoms with Crippen molar-refractivity contribution in [2.24, 2.45) is 4.99 Å². The predicted molar refractivity (Wildman–Crippen MR) is 124 cm³/mol. The summed E-state index contributed by atoms with van der Waals surface area (Å²) in [5, 5.41) is 19.4. The maximum atomic E-state index is 4.65. The number of pyridine rings is 1. The molecule has 0 aliphatic rings. The molecule has 150 valence electrons. The number of nitrogens with zero attached hydrogens (tertiary/aromatic N) is 6. The Balaban J connectivity index is 0.00000240. The number of aliphatic imine (C=N–C) groups is 1. The SMILES string of the molecule is CCNC(=NCc1cnn(-c2ccccc2)c1)NCc1nnc2ccccn12.I. The first-order chi connectivity index (χ1) is 13.8. The first kappa shape index (κ1) is 20.8. The third kappa shape index (κ3) is 5.11. The molecule has 9 heteroatoms. The van der Waals surface area contributed by atoms with E-state index in [-0.39, 0.29) is 24.0 Å². The summed E-state index contributed by atoms with van der Waals surface area (Å²) >= 11 is 0. The van der Waals surface area contributed by atoms with Crippen LogP contribution in [0, 0.1) is 0 Å². The summed E-state index contributed by atoms with van der Waals surface area (Å²) in [6, 6.07) is 15.9. The number of para-hydroxylation sites is 1. The number of fused-ring (bicyclic) bond motifs is 1.